The summed E-state index contributed by atoms with van der Waals surface area (Å²) in [5.74, 6) is -1.88. The number of β-amino-alcohol motifs (C(OH)–C–C–N with tert-alkyl or cyclic N) is 1. The van der Waals surface area contributed by atoms with Gasteiger partial charge in [0.25, 0.3) is 0 Å². The molecule has 3 aliphatic rings. The Labute approximate surface area is 210 Å². The van der Waals surface area contributed by atoms with Crippen LogP contribution in [0.2, 0.25) is 0 Å². The first-order valence-corrected chi connectivity index (χ1v) is 12.4. The molecule has 3 heterocycles. The van der Waals surface area contributed by atoms with Gasteiger partial charge in [0.1, 0.15) is 0 Å². The average Bonchev–Trinajstić information content (AvgIpc) is 3.34. The molecule has 1 aromatic carbocycles. The molecule has 2 fully saturated rings. The van der Waals surface area contributed by atoms with Gasteiger partial charge in [-0.3, -0.25) is 19.6 Å². The third-order valence-electron chi connectivity index (χ3n) is 7.53. The van der Waals surface area contributed by atoms with Crippen molar-refractivity contribution in [2.24, 2.45) is 11.8 Å². The zero-order chi connectivity index (χ0) is 25.8. The Balaban J connectivity index is 1.39. The van der Waals surface area contributed by atoms with Crippen LogP contribution in [0.1, 0.15) is 42.4 Å². The van der Waals surface area contributed by atoms with Crippen molar-refractivity contribution < 1.29 is 24.7 Å². The summed E-state index contributed by atoms with van der Waals surface area (Å²) in [6.45, 7) is 4.12. The second kappa shape index (κ2) is 11.2. The summed E-state index contributed by atoms with van der Waals surface area (Å²) < 4.78 is 0. The molecule has 0 bridgehead atoms. The molecule has 10 heteroatoms. The number of rotatable bonds is 5. The molecule has 0 aliphatic carbocycles. The number of likely N-dealkylation sites (tertiary alicyclic amines) is 1. The first-order valence-electron chi connectivity index (χ1n) is 12.4. The number of nitrogens with one attached hydrogen (secondary N) is 2. The van der Waals surface area contributed by atoms with Crippen molar-refractivity contribution in [2.45, 2.75) is 44.8 Å². The van der Waals surface area contributed by atoms with Crippen LogP contribution in [0.15, 0.2) is 24.3 Å². The molecule has 10 nitrogen and oxygen atoms in total. The third kappa shape index (κ3) is 5.59. The largest absolute Gasteiger partial charge is 0.391 e. The van der Waals surface area contributed by atoms with E-state index in [0.29, 0.717) is 57.5 Å². The van der Waals surface area contributed by atoms with Gasteiger partial charge in [0, 0.05) is 32.6 Å². The van der Waals surface area contributed by atoms with Gasteiger partial charge in [0.05, 0.1) is 29.7 Å². The van der Waals surface area contributed by atoms with Gasteiger partial charge >= 0.3 is 0 Å². The van der Waals surface area contributed by atoms with E-state index in [4.69, 9.17) is 5.26 Å². The Kier molecular flexibility index (Phi) is 8.04. The molecule has 4 atom stereocenters. The van der Waals surface area contributed by atoms with Crippen LogP contribution >= 0.6 is 0 Å². The predicted octanol–water partition coefficient (Wildman–Crippen LogP) is 0.565. The van der Waals surface area contributed by atoms with Crippen LogP contribution in [-0.2, 0) is 14.4 Å². The van der Waals surface area contributed by atoms with E-state index in [0.717, 1.165) is 16.7 Å². The number of aliphatic hydroxyl groups is 1. The van der Waals surface area contributed by atoms with Gasteiger partial charge in [0.15, 0.2) is 0 Å². The van der Waals surface area contributed by atoms with Crippen molar-refractivity contribution in [3.63, 3.8) is 0 Å². The smallest absolute Gasteiger partial charge is 0.248 e. The van der Waals surface area contributed by atoms with Crippen molar-refractivity contribution in [3.05, 3.63) is 41.0 Å². The summed E-state index contributed by atoms with van der Waals surface area (Å²) in [6.07, 6.45) is 3.25. The van der Waals surface area contributed by atoms with E-state index in [2.05, 4.69) is 11.4 Å². The molecular weight excluding hydrogens is 462 g/mol. The first kappa shape index (κ1) is 25.8. The number of hydrogen-bond acceptors (Lipinski definition) is 7. The molecule has 3 amide bonds. The number of hydroxylamine groups is 1. The van der Waals surface area contributed by atoms with Gasteiger partial charge in [-0.05, 0) is 67.5 Å². The zero-order valence-corrected chi connectivity index (χ0v) is 20.4. The lowest BCUT2D eigenvalue weighted by atomic mass is 9.81. The van der Waals surface area contributed by atoms with Crippen LogP contribution in [0.4, 0.5) is 0 Å². The predicted molar refractivity (Wildman–Crippen MR) is 130 cm³/mol. The molecule has 36 heavy (non-hydrogen) atoms. The molecule has 0 spiro atoms. The quantitative estimate of drug-likeness (QED) is 0.345. The number of carbonyl (C=O) groups excluding carboxylic acids is 3. The molecule has 4 N–H and O–H groups in total. The Morgan fingerprint density at radius 1 is 1.25 bits per heavy atom. The van der Waals surface area contributed by atoms with Crippen molar-refractivity contribution in [1.82, 2.24) is 20.6 Å². The highest BCUT2D eigenvalue weighted by Gasteiger charge is 2.42. The summed E-state index contributed by atoms with van der Waals surface area (Å²) in [5, 5.41) is 31.3. The number of aliphatic hydroxyl groups excluding tert-OH is 1. The fourth-order valence-corrected chi connectivity index (χ4v) is 5.52. The Bertz CT molecular complexity index is 1100. The van der Waals surface area contributed by atoms with E-state index in [1.165, 1.54) is 0 Å². The van der Waals surface area contributed by atoms with E-state index in [1.807, 2.05) is 25.1 Å². The van der Waals surface area contributed by atoms with Gasteiger partial charge in [-0.15, -0.1) is 0 Å². The normalized spacial score (nSPS) is 26.2. The number of amides is 3. The van der Waals surface area contributed by atoms with Crippen molar-refractivity contribution >= 4 is 23.3 Å². The summed E-state index contributed by atoms with van der Waals surface area (Å²) in [6, 6.07) is 6.93. The SMILES string of the molecule is Cc1cc(C#N)ccc1C1=CCN(C(=O)[C@H]2NC[C@H](CC(=O)N3CC[C@@H](O)C3)C[C@@H]2C(=O)NO)CC1. The molecule has 2 saturated heterocycles. The van der Waals surface area contributed by atoms with E-state index < -0.39 is 24.0 Å². The highest BCUT2D eigenvalue weighted by molar-refractivity contribution is 5.90. The highest BCUT2D eigenvalue weighted by Crippen LogP contribution is 2.29. The topological polar surface area (TPSA) is 146 Å². The molecule has 192 valence electrons. The van der Waals surface area contributed by atoms with Crippen molar-refractivity contribution in [3.8, 4) is 6.07 Å². The fourth-order valence-electron chi connectivity index (χ4n) is 5.52. The Hall–Kier alpha value is -3.26. The Morgan fingerprint density at radius 3 is 2.67 bits per heavy atom. The summed E-state index contributed by atoms with van der Waals surface area (Å²) in [4.78, 5) is 41.8. The standard InChI is InChI=1S/C26H33N5O5/c1-16-10-17(13-27)2-3-21(16)19-4-7-30(8-5-19)26(35)24-22(25(34)29-36)11-18(14-28-24)12-23(33)31-9-6-20(32)15-31/h2-4,10,18,20,22,24,28,32,36H,5-9,11-12,14-15H2,1H3,(H,29,34)/t18-,20+,22-,24-/m0/s1. The average molecular weight is 496 g/mol. The van der Waals surface area contributed by atoms with Crippen LogP contribution < -0.4 is 10.8 Å². The van der Waals surface area contributed by atoms with Gasteiger partial charge < -0.3 is 20.2 Å². The number of aryl methyl sites for hydroxylation is 1. The third-order valence-corrected chi connectivity index (χ3v) is 7.53. The van der Waals surface area contributed by atoms with Crippen LogP contribution in [0.5, 0.6) is 0 Å². The maximum Gasteiger partial charge on any atom is 0.248 e. The molecule has 0 unspecified atom stereocenters. The number of nitriles is 1. The number of hydrogen-bond donors (Lipinski definition) is 4. The van der Waals surface area contributed by atoms with Crippen LogP contribution in [0.3, 0.4) is 0 Å². The first-order chi connectivity index (χ1) is 17.3. The van der Waals surface area contributed by atoms with E-state index in [-0.39, 0.29) is 24.2 Å². The van der Waals surface area contributed by atoms with Crippen LogP contribution in [-0.4, -0.2) is 82.7 Å². The summed E-state index contributed by atoms with van der Waals surface area (Å²) in [5.41, 5.74) is 5.49. The number of carbonyl (C=O) groups is 3. The minimum Gasteiger partial charge on any atom is -0.391 e. The van der Waals surface area contributed by atoms with Crippen LogP contribution in [0, 0.1) is 30.1 Å². The van der Waals surface area contributed by atoms with E-state index in [9.17, 15) is 24.7 Å². The van der Waals surface area contributed by atoms with Gasteiger partial charge in [-0.2, -0.15) is 5.26 Å². The molecule has 1 aromatic rings. The van der Waals surface area contributed by atoms with Gasteiger partial charge in [-0.1, -0.05) is 12.1 Å². The van der Waals surface area contributed by atoms with Gasteiger partial charge in [0.2, 0.25) is 17.7 Å². The van der Waals surface area contributed by atoms with Crippen molar-refractivity contribution in [2.75, 3.05) is 32.7 Å². The van der Waals surface area contributed by atoms with Crippen LogP contribution in [0.25, 0.3) is 5.57 Å². The fraction of sp³-hybridized carbons (Fsp3) is 0.538. The lowest BCUT2D eigenvalue weighted by Gasteiger charge is -2.38. The Morgan fingerprint density at radius 2 is 2.06 bits per heavy atom. The lowest BCUT2D eigenvalue weighted by molar-refractivity contribution is -0.145. The molecular formula is C26H33N5O5. The highest BCUT2D eigenvalue weighted by atomic mass is 16.5. The summed E-state index contributed by atoms with van der Waals surface area (Å²) in [7, 11) is 0. The molecule has 4 rings (SSSR count). The molecule has 3 aliphatic heterocycles. The van der Waals surface area contributed by atoms with E-state index in [1.54, 1.807) is 21.3 Å². The number of piperidine rings is 1. The molecule has 0 radical (unpaired) electrons. The maximum atomic E-state index is 13.4. The lowest BCUT2D eigenvalue weighted by Crippen LogP contribution is -2.59. The number of benzene rings is 1. The minimum absolute atomic E-state index is 0.0712. The second-order valence-electron chi connectivity index (χ2n) is 9.96. The van der Waals surface area contributed by atoms with Gasteiger partial charge in [-0.25, -0.2) is 5.48 Å². The van der Waals surface area contributed by atoms with E-state index >= 15 is 0 Å². The maximum absolute atomic E-state index is 13.4. The molecule has 0 saturated carbocycles. The summed E-state index contributed by atoms with van der Waals surface area (Å²) >= 11 is 0. The second-order valence-corrected chi connectivity index (χ2v) is 9.96. The zero-order valence-electron chi connectivity index (χ0n) is 20.4. The monoisotopic (exact) mass is 495 g/mol. The number of nitrogens with zero attached hydrogens (tertiary/aromatic N) is 3. The minimum atomic E-state index is -0.802. The van der Waals surface area contributed by atoms with Crippen molar-refractivity contribution in [1.29, 1.82) is 5.26 Å². The molecule has 0 aromatic heterocycles.